The minimum Gasteiger partial charge on any atom is -0.450 e. The average Bonchev–Trinajstić information content (AvgIpc) is 2.57. The molecule has 2 aromatic rings. The maximum absolute atomic E-state index is 12.3. The van der Waals surface area contributed by atoms with Crippen LogP contribution in [0.2, 0.25) is 0 Å². The lowest BCUT2D eigenvalue weighted by Gasteiger charge is -2.13. The number of nitrogens with one attached hydrogen (secondary N) is 2. The van der Waals surface area contributed by atoms with E-state index in [0.29, 0.717) is 15.8 Å². The number of nitro benzene ring substituents is 1. The number of amides is 2. The zero-order chi connectivity index (χ0) is 18.4. The van der Waals surface area contributed by atoms with Crippen LogP contribution in [0.5, 0.6) is 0 Å². The molecular formula is C16H14BrN3O5. The van der Waals surface area contributed by atoms with Crippen molar-refractivity contribution < 1.29 is 19.2 Å². The minimum atomic E-state index is -0.643. The summed E-state index contributed by atoms with van der Waals surface area (Å²) in [4.78, 5) is 34.0. The third kappa shape index (κ3) is 5.01. The molecule has 0 aliphatic heterocycles. The molecule has 2 N–H and O–H groups in total. The molecule has 130 valence electrons. The van der Waals surface area contributed by atoms with Gasteiger partial charge in [-0.15, -0.1) is 0 Å². The van der Waals surface area contributed by atoms with Crippen molar-refractivity contribution in [2.75, 3.05) is 17.2 Å². The molecule has 0 aliphatic rings. The van der Waals surface area contributed by atoms with E-state index in [2.05, 4.69) is 26.6 Å². The highest BCUT2D eigenvalue weighted by Gasteiger charge is 2.13. The van der Waals surface area contributed by atoms with Crippen LogP contribution in [0.1, 0.15) is 17.3 Å². The molecule has 0 saturated heterocycles. The lowest BCUT2D eigenvalue weighted by molar-refractivity contribution is -0.384. The first-order chi connectivity index (χ1) is 11.9. The van der Waals surface area contributed by atoms with Crippen LogP contribution in [0, 0.1) is 10.1 Å². The quantitative estimate of drug-likeness (QED) is 0.570. The molecule has 2 aromatic carbocycles. The van der Waals surface area contributed by atoms with Crippen LogP contribution in [0.3, 0.4) is 0 Å². The Bertz CT molecular complexity index is 808. The molecule has 0 unspecified atom stereocenters. The number of halogens is 1. The van der Waals surface area contributed by atoms with E-state index in [1.807, 2.05) is 0 Å². The third-order valence-electron chi connectivity index (χ3n) is 3.08. The fourth-order valence-corrected chi connectivity index (χ4v) is 2.30. The fraction of sp³-hybridized carbons (Fsp3) is 0.125. The van der Waals surface area contributed by atoms with Crippen LogP contribution in [0.4, 0.5) is 21.9 Å². The topological polar surface area (TPSA) is 111 Å². The first-order valence-corrected chi connectivity index (χ1v) is 7.99. The van der Waals surface area contributed by atoms with Gasteiger partial charge in [0.2, 0.25) is 0 Å². The molecule has 0 atom stereocenters. The van der Waals surface area contributed by atoms with E-state index in [-0.39, 0.29) is 17.9 Å². The Balaban J connectivity index is 2.20. The van der Waals surface area contributed by atoms with Gasteiger partial charge in [0.1, 0.15) is 0 Å². The third-order valence-corrected chi connectivity index (χ3v) is 3.58. The molecule has 8 nitrogen and oxygen atoms in total. The molecule has 0 radical (unpaired) electrons. The van der Waals surface area contributed by atoms with Gasteiger partial charge in [0.15, 0.2) is 0 Å². The van der Waals surface area contributed by atoms with Gasteiger partial charge in [0, 0.05) is 22.2 Å². The van der Waals surface area contributed by atoms with E-state index in [4.69, 9.17) is 4.74 Å². The van der Waals surface area contributed by atoms with Crippen molar-refractivity contribution in [1.82, 2.24) is 0 Å². The normalized spacial score (nSPS) is 10.0. The van der Waals surface area contributed by atoms with E-state index >= 15 is 0 Å². The molecule has 0 spiro atoms. The summed E-state index contributed by atoms with van der Waals surface area (Å²) in [6.45, 7) is 1.89. The van der Waals surface area contributed by atoms with Crippen LogP contribution >= 0.6 is 15.9 Å². The Kier molecular flexibility index (Phi) is 6.07. The van der Waals surface area contributed by atoms with Crippen molar-refractivity contribution in [2.24, 2.45) is 0 Å². The molecule has 0 aromatic heterocycles. The van der Waals surface area contributed by atoms with Crippen LogP contribution in [0.25, 0.3) is 0 Å². The van der Waals surface area contributed by atoms with Gasteiger partial charge in [-0.05, 0) is 37.3 Å². The highest BCUT2D eigenvalue weighted by Crippen LogP contribution is 2.27. The highest BCUT2D eigenvalue weighted by atomic mass is 79.9. The number of carbonyl (C=O) groups is 2. The number of anilines is 2. The number of non-ortho nitro benzene ring substituents is 1. The second-order valence-corrected chi connectivity index (χ2v) is 5.71. The molecule has 9 heteroatoms. The number of nitrogens with zero attached hydrogens (tertiary/aromatic N) is 1. The lowest BCUT2D eigenvalue weighted by atomic mass is 10.2. The van der Waals surface area contributed by atoms with Gasteiger partial charge in [0.25, 0.3) is 11.6 Å². The minimum absolute atomic E-state index is 0.108. The number of carbonyl (C=O) groups excluding carboxylic acids is 2. The van der Waals surface area contributed by atoms with Crippen molar-refractivity contribution in [3.63, 3.8) is 0 Å². The fourth-order valence-electron chi connectivity index (χ4n) is 1.94. The summed E-state index contributed by atoms with van der Waals surface area (Å²) < 4.78 is 5.51. The number of benzene rings is 2. The molecule has 25 heavy (non-hydrogen) atoms. The van der Waals surface area contributed by atoms with Gasteiger partial charge in [-0.1, -0.05) is 15.9 Å². The van der Waals surface area contributed by atoms with Gasteiger partial charge < -0.3 is 10.1 Å². The molecule has 0 aliphatic carbocycles. The van der Waals surface area contributed by atoms with Crippen LogP contribution in [0.15, 0.2) is 46.9 Å². The summed E-state index contributed by atoms with van der Waals surface area (Å²) in [7, 11) is 0. The zero-order valence-corrected chi connectivity index (χ0v) is 14.7. The van der Waals surface area contributed by atoms with E-state index < -0.39 is 16.9 Å². The SMILES string of the molecule is CCOC(=O)Nc1ccc(Br)cc1NC(=O)c1ccc([N+](=O)[O-])cc1. The second kappa shape index (κ2) is 8.25. The van der Waals surface area contributed by atoms with Gasteiger partial charge in [-0.2, -0.15) is 0 Å². The number of ether oxygens (including phenoxy) is 1. The number of nitro groups is 1. The van der Waals surface area contributed by atoms with Gasteiger partial charge in [0.05, 0.1) is 22.9 Å². The summed E-state index contributed by atoms with van der Waals surface area (Å²) in [5.41, 5.74) is 0.846. The Hall–Kier alpha value is -2.94. The molecule has 2 amide bonds. The van der Waals surface area contributed by atoms with Crippen LogP contribution < -0.4 is 10.6 Å². The van der Waals surface area contributed by atoms with Crippen molar-refractivity contribution >= 4 is 45.0 Å². The van der Waals surface area contributed by atoms with Crippen molar-refractivity contribution in [3.05, 3.63) is 62.6 Å². The maximum Gasteiger partial charge on any atom is 0.411 e. The second-order valence-electron chi connectivity index (χ2n) is 4.79. The largest absolute Gasteiger partial charge is 0.450 e. The summed E-state index contributed by atoms with van der Waals surface area (Å²) in [5, 5.41) is 15.8. The smallest absolute Gasteiger partial charge is 0.411 e. The zero-order valence-electron chi connectivity index (χ0n) is 13.1. The van der Waals surface area contributed by atoms with Gasteiger partial charge >= 0.3 is 6.09 Å². The van der Waals surface area contributed by atoms with Crippen LogP contribution in [-0.2, 0) is 4.74 Å². The first-order valence-electron chi connectivity index (χ1n) is 7.20. The Morgan fingerprint density at radius 3 is 2.40 bits per heavy atom. The summed E-state index contributed by atoms with van der Waals surface area (Å²) >= 11 is 3.29. The van der Waals surface area contributed by atoms with E-state index in [0.717, 1.165) is 0 Å². The lowest BCUT2D eigenvalue weighted by Crippen LogP contribution is -2.17. The molecule has 0 saturated carbocycles. The molecule has 0 fully saturated rings. The summed E-state index contributed by atoms with van der Waals surface area (Å²) in [6.07, 6.45) is -0.643. The number of rotatable bonds is 5. The molecular weight excluding hydrogens is 394 g/mol. The van der Waals surface area contributed by atoms with Crippen molar-refractivity contribution in [1.29, 1.82) is 0 Å². The standard InChI is InChI=1S/C16H14BrN3O5/c1-2-25-16(22)19-13-8-5-11(17)9-14(13)18-15(21)10-3-6-12(7-4-10)20(23)24/h3-9H,2H2,1H3,(H,18,21)(H,19,22). The number of hydrogen-bond donors (Lipinski definition) is 2. The Morgan fingerprint density at radius 2 is 1.80 bits per heavy atom. The summed E-state index contributed by atoms with van der Waals surface area (Å²) in [5.74, 6) is -0.472. The first kappa shape index (κ1) is 18.4. The number of hydrogen-bond acceptors (Lipinski definition) is 5. The van der Waals surface area contributed by atoms with E-state index in [1.165, 1.54) is 24.3 Å². The van der Waals surface area contributed by atoms with E-state index in [9.17, 15) is 19.7 Å². The monoisotopic (exact) mass is 407 g/mol. The maximum atomic E-state index is 12.3. The summed E-state index contributed by atoms with van der Waals surface area (Å²) in [6, 6.07) is 10.1. The highest BCUT2D eigenvalue weighted by molar-refractivity contribution is 9.10. The van der Waals surface area contributed by atoms with Gasteiger partial charge in [-0.3, -0.25) is 20.2 Å². The Labute approximate surface area is 151 Å². The Morgan fingerprint density at radius 1 is 1.12 bits per heavy atom. The predicted octanol–water partition coefficient (Wildman–Crippen LogP) is 4.18. The molecule has 2 rings (SSSR count). The van der Waals surface area contributed by atoms with Gasteiger partial charge in [-0.25, -0.2) is 4.79 Å². The predicted molar refractivity (Wildman–Crippen MR) is 95.8 cm³/mol. The van der Waals surface area contributed by atoms with E-state index in [1.54, 1.807) is 25.1 Å². The average molecular weight is 408 g/mol. The molecule has 0 bridgehead atoms. The molecule has 0 heterocycles. The van der Waals surface area contributed by atoms with Crippen LogP contribution in [-0.4, -0.2) is 23.5 Å². The van der Waals surface area contributed by atoms with Crippen molar-refractivity contribution in [3.8, 4) is 0 Å². The van der Waals surface area contributed by atoms with Crippen molar-refractivity contribution in [2.45, 2.75) is 6.92 Å².